The Kier molecular flexibility index (Phi) is 9.53. The largest absolute Gasteiger partial charge is 0.505 e. The summed E-state index contributed by atoms with van der Waals surface area (Å²) in [7, 11) is 0. The molecule has 6 nitrogen and oxygen atoms in total. The van der Waals surface area contributed by atoms with Crippen LogP contribution in [0.2, 0.25) is 0 Å². The van der Waals surface area contributed by atoms with Crippen LogP contribution in [0.3, 0.4) is 0 Å². The molecule has 0 spiro atoms. The molecule has 1 heterocycles. The fraction of sp³-hybridized carbons (Fsp3) is 0.381. The molecule has 1 saturated heterocycles. The number of nitrogens with zero attached hydrogens (tertiary/aromatic N) is 2. The molecule has 1 atom stereocenters. The lowest BCUT2D eigenvalue weighted by atomic mass is 10.2. The number of aliphatic imine (C=N–C) groups is 1. The van der Waals surface area contributed by atoms with Crippen molar-refractivity contribution in [2.24, 2.45) is 4.99 Å². The Bertz CT molecular complexity index is 885. The van der Waals surface area contributed by atoms with Gasteiger partial charge in [-0.05, 0) is 43.2 Å². The van der Waals surface area contributed by atoms with Gasteiger partial charge in [0.1, 0.15) is 5.75 Å². The number of ether oxygens (including phenoxy) is 1. The average Bonchev–Trinajstić information content (AvgIpc) is 3.17. The van der Waals surface area contributed by atoms with Gasteiger partial charge in [0.25, 0.3) is 0 Å². The van der Waals surface area contributed by atoms with Gasteiger partial charge < -0.3 is 25.4 Å². The summed E-state index contributed by atoms with van der Waals surface area (Å²) >= 11 is 0. The lowest BCUT2D eigenvalue weighted by Crippen LogP contribution is -2.44. The molecule has 3 rings (SSSR count). The minimum atomic E-state index is -2.88. The molecule has 0 aliphatic carbocycles. The Morgan fingerprint density at radius 3 is 2.77 bits per heavy atom. The summed E-state index contributed by atoms with van der Waals surface area (Å²) in [4.78, 5) is 6.47. The predicted octanol–water partition coefficient (Wildman–Crippen LogP) is 4.08. The first-order valence-electron chi connectivity index (χ1n) is 9.77. The fourth-order valence-corrected chi connectivity index (χ4v) is 3.34. The summed E-state index contributed by atoms with van der Waals surface area (Å²) in [5.41, 5.74) is 1.26. The molecule has 3 N–H and O–H groups in total. The van der Waals surface area contributed by atoms with Crippen LogP contribution >= 0.6 is 24.0 Å². The molecule has 2 aromatic rings. The van der Waals surface area contributed by atoms with Crippen LogP contribution in [0, 0.1) is 5.82 Å². The zero-order chi connectivity index (χ0) is 21.5. The van der Waals surface area contributed by atoms with E-state index < -0.39 is 18.2 Å². The molecule has 0 amide bonds. The topological polar surface area (TPSA) is 69.1 Å². The lowest BCUT2D eigenvalue weighted by molar-refractivity contribution is -0.0495. The monoisotopic (exact) mass is 550 g/mol. The van der Waals surface area contributed by atoms with E-state index in [0.29, 0.717) is 36.8 Å². The van der Waals surface area contributed by atoms with Crippen molar-refractivity contribution >= 4 is 35.6 Å². The second-order valence-corrected chi connectivity index (χ2v) is 6.90. The van der Waals surface area contributed by atoms with E-state index in [2.05, 4.69) is 20.4 Å². The molecule has 31 heavy (non-hydrogen) atoms. The summed E-state index contributed by atoms with van der Waals surface area (Å²) in [5.74, 6) is -0.343. The Morgan fingerprint density at radius 1 is 1.29 bits per heavy atom. The molecule has 2 aromatic carbocycles. The number of rotatable bonds is 7. The Hall–Kier alpha value is -2.37. The number of hydrogen-bond donors (Lipinski definition) is 3. The van der Waals surface area contributed by atoms with Crippen molar-refractivity contribution in [3.8, 4) is 11.5 Å². The SMILES string of the molecule is CCNC(=NCc1ccc(O)c(F)c1)NC1CCN(c2ccccc2OC(F)F)C1.I. The highest BCUT2D eigenvalue weighted by Gasteiger charge is 2.26. The second kappa shape index (κ2) is 11.9. The van der Waals surface area contributed by atoms with Crippen LogP contribution in [0.15, 0.2) is 47.5 Å². The Morgan fingerprint density at radius 2 is 2.06 bits per heavy atom. The predicted molar refractivity (Wildman–Crippen MR) is 125 cm³/mol. The maximum atomic E-state index is 13.5. The van der Waals surface area contributed by atoms with Gasteiger partial charge in [-0.2, -0.15) is 8.78 Å². The van der Waals surface area contributed by atoms with Crippen LogP contribution in [-0.2, 0) is 6.54 Å². The summed E-state index contributed by atoms with van der Waals surface area (Å²) in [5, 5.41) is 15.8. The number of alkyl halides is 2. The first-order chi connectivity index (χ1) is 14.5. The molecule has 1 aliphatic rings. The average molecular weight is 550 g/mol. The number of para-hydroxylation sites is 2. The van der Waals surface area contributed by atoms with Gasteiger partial charge >= 0.3 is 6.61 Å². The van der Waals surface area contributed by atoms with Crippen molar-refractivity contribution in [1.82, 2.24) is 10.6 Å². The molecular formula is C21H26F3IN4O2. The normalized spacial score (nSPS) is 16.2. The molecule has 0 bridgehead atoms. The first-order valence-corrected chi connectivity index (χ1v) is 9.77. The number of guanidine groups is 1. The van der Waals surface area contributed by atoms with Gasteiger partial charge in [-0.25, -0.2) is 9.38 Å². The third kappa shape index (κ3) is 7.08. The van der Waals surface area contributed by atoms with E-state index in [0.717, 1.165) is 6.42 Å². The molecular weight excluding hydrogens is 524 g/mol. The number of halogens is 4. The van der Waals surface area contributed by atoms with Gasteiger partial charge in [0.15, 0.2) is 17.5 Å². The van der Waals surface area contributed by atoms with E-state index in [4.69, 9.17) is 0 Å². The molecule has 170 valence electrons. The smallest absolute Gasteiger partial charge is 0.387 e. The zero-order valence-corrected chi connectivity index (χ0v) is 19.4. The highest BCUT2D eigenvalue weighted by Crippen LogP contribution is 2.31. The molecule has 0 saturated carbocycles. The third-order valence-electron chi connectivity index (χ3n) is 4.73. The number of phenols is 1. The Balaban J connectivity index is 0.00000341. The zero-order valence-electron chi connectivity index (χ0n) is 17.0. The maximum Gasteiger partial charge on any atom is 0.387 e. The van der Waals surface area contributed by atoms with E-state index >= 15 is 0 Å². The van der Waals surface area contributed by atoms with Crippen molar-refractivity contribution in [2.45, 2.75) is 32.5 Å². The van der Waals surface area contributed by atoms with Crippen molar-refractivity contribution in [3.05, 3.63) is 53.8 Å². The highest BCUT2D eigenvalue weighted by molar-refractivity contribution is 14.0. The molecule has 1 aliphatic heterocycles. The van der Waals surface area contributed by atoms with Gasteiger partial charge in [-0.15, -0.1) is 24.0 Å². The van der Waals surface area contributed by atoms with Crippen molar-refractivity contribution < 1.29 is 23.0 Å². The van der Waals surface area contributed by atoms with Crippen molar-refractivity contribution in [2.75, 3.05) is 24.5 Å². The number of phenolic OH excluding ortho intramolecular Hbond substituents is 1. The standard InChI is InChI=1S/C21H25F3N4O2.HI/c1-2-25-21(26-12-14-7-8-18(29)16(22)11-14)27-15-9-10-28(13-15)17-5-3-4-6-19(17)30-20(23)24;/h3-8,11,15,20,29H,2,9-10,12-13H2,1H3,(H2,25,26,27);1H. The number of aromatic hydroxyl groups is 1. The van der Waals surface area contributed by atoms with Crippen LogP contribution in [0.25, 0.3) is 0 Å². The minimum absolute atomic E-state index is 0. The highest BCUT2D eigenvalue weighted by atomic mass is 127. The van der Waals surface area contributed by atoms with E-state index in [1.807, 2.05) is 11.8 Å². The number of nitrogens with one attached hydrogen (secondary N) is 2. The van der Waals surface area contributed by atoms with Gasteiger partial charge in [0, 0.05) is 25.7 Å². The van der Waals surface area contributed by atoms with Crippen LogP contribution in [-0.4, -0.2) is 43.4 Å². The summed E-state index contributed by atoms with van der Waals surface area (Å²) < 4.78 is 43.5. The molecule has 0 aromatic heterocycles. The van der Waals surface area contributed by atoms with Gasteiger partial charge in [-0.1, -0.05) is 18.2 Å². The van der Waals surface area contributed by atoms with Gasteiger partial charge in [0.2, 0.25) is 0 Å². The number of anilines is 1. The van der Waals surface area contributed by atoms with E-state index in [1.54, 1.807) is 24.3 Å². The number of hydrogen-bond acceptors (Lipinski definition) is 4. The third-order valence-corrected chi connectivity index (χ3v) is 4.73. The van der Waals surface area contributed by atoms with Crippen LogP contribution in [0.1, 0.15) is 18.9 Å². The number of benzene rings is 2. The first kappa shape index (κ1) is 24.9. The molecule has 1 unspecified atom stereocenters. The van der Waals surface area contributed by atoms with E-state index in [1.165, 1.54) is 18.2 Å². The molecule has 0 radical (unpaired) electrons. The maximum absolute atomic E-state index is 13.5. The van der Waals surface area contributed by atoms with Crippen LogP contribution in [0.4, 0.5) is 18.9 Å². The fourth-order valence-electron chi connectivity index (χ4n) is 3.34. The summed E-state index contributed by atoms with van der Waals surface area (Å²) in [6, 6.07) is 11.0. The van der Waals surface area contributed by atoms with Crippen molar-refractivity contribution in [1.29, 1.82) is 0 Å². The van der Waals surface area contributed by atoms with E-state index in [9.17, 15) is 18.3 Å². The van der Waals surface area contributed by atoms with Crippen molar-refractivity contribution in [3.63, 3.8) is 0 Å². The molecule has 10 heteroatoms. The van der Waals surface area contributed by atoms with Crippen LogP contribution in [0.5, 0.6) is 11.5 Å². The molecule has 1 fully saturated rings. The summed E-state index contributed by atoms with van der Waals surface area (Å²) in [6.45, 7) is 1.24. The van der Waals surface area contributed by atoms with Gasteiger partial charge in [-0.3, -0.25) is 0 Å². The second-order valence-electron chi connectivity index (χ2n) is 6.90. The van der Waals surface area contributed by atoms with E-state index in [-0.39, 0.29) is 42.3 Å². The van der Waals surface area contributed by atoms with Crippen LogP contribution < -0.4 is 20.3 Å². The quantitative estimate of drug-likeness (QED) is 0.276. The van der Waals surface area contributed by atoms with Gasteiger partial charge in [0.05, 0.1) is 12.2 Å². The minimum Gasteiger partial charge on any atom is -0.505 e. The summed E-state index contributed by atoms with van der Waals surface area (Å²) in [6.07, 6.45) is 0.793. The Labute approximate surface area is 196 Å². The lowest BCUT2D eigenvalue weighted by Gasteiger charge is -2.22.